The molecule has 0 aromatic carbocycles. The van der Waals surface area contributed by atoms with Crippen LogP contribution in [0.25, 0.3) is 0 Å². The number of hydrogen-bond donors (Lipinski definition) is 2. The summed E-state index contributed by atoms with van der Waals surface area (Å²) in [7, 11) is 0. The predicted octanol–water partition coefficient (Wildman–Crippen LogP) is 2.04. The van der Waals surface area contributed by atoms with Crippen LogP contribution in [0.15, 0.2) is 34.4 Å². The molecule has 2 aromatic rings. The molecule has 3 heterocycles. The number of thioether (sulfide) groups is 1. The highest BCUT2D eigenvalue weighted by Gasteiger charge is 2.27. The van der Waals surface area contributed by atoms with Crippen molar-refractivity contribution in [2.45, 2.75) is 11.2 Å². The minimum absolute atomic E-state index is 0.131. The number of hydrogen-bond acceptors (Lipinski definition) is 6. The second-order valence-corrected chi connectivity index (χ2v) is 5.59. The van der Waals surface area contributed by atoms with Gasteiger partial charge < -0.3 is 10.4 Å². The van der Waals surface area contributed by atoms with Crippen LogP contribution in [0.4, 0.5) is 5.95 Å². The van der Waals surface area contributed by atoms with E-state index in [0.717, 1.165) is 4.88 Å². The summed E-state index contributed by atoms with van der Waals surface area (Å²) in [6, 6.07) is 3.67. The zero-order chi connectivity index (χ0) is 13.4. The number of thiophene rings is 1. The fraction of sp³-hybridized carbons (Fsp3) is 0.182. The Labute approximate surface area is 117 Å². The van der Waals surface area contributed by atoms with Gasteiger partial charge in [0.05, 0.1) is 0 Å². The van der Waals surface area contributed by atoms with Crippen LogP contribution in [0, 0.1) is 0 Å². The molecule has 1 aliphatic heterocycles. The van der Waals surface area contributed by atoms with Crippen LogP contribution in [0.1, 0.15) is 10.9 Å². The van der Waals surface area contributed by atoms with Crippen LogP contribution in [-0.2, 0) is 4.79 Å². The van der Waals surface area contributed by atoms with Crippen molar-refractivity contribution in [2.24, 2.45) is 0 Å². The van der Waals surface area contributed by atoms with Gasteiger partial charge in [0.1, 0.15) is 11.7 Å². The van der Waals surface area contributed by atoms with Gasteiger partial charge in [-0.1, -0.05) is 17.8 Å². The van der Waals surface area contributed by atoms with Gasteiger partial charge in [-0.25, -0.2) is 9.48 Å². The molecular formula is C11H10N4O2S2. The Bertz CT molecular complexity index is 648. The van der Waals surface area contributed by atoms with Crippen molar-refractivity contribution in [1.29, 1.82) is 0 Å². The van der Waals surface area contributed by atoms with Gasteiger partial charge in [0.25, 0.3) is 0 Å². The van der Waals surface area contributed by atoms with Crippen molar-refractivity contribution in [3.05, 3.63) is 34.2 Å². The molecule has 0 radical (unpaired) electrons. The first kappa shape index (κ1) is 12.2. The molecule has 1 aliphatic rings. The second kappa shape index (κ2) is 4.71. The van der Waals surface area contributed by atoms with E-state index in [0.29, 0.717) is 11.1 Å². The molecule has 0 unspecified atom stereocenters. The molecule has 8 heteroatoms. The van der Waals surface area contributed by atoms with Gasteiger partial charge in [-0.2, -0.15) is 4.98 Å². The maximum Gasteiger partial charge on any atom is 0.352 e. The van der Waals surface area contributed by atoms with Crippen molar-refractivity contribution < 1.29 is 9.90 Å². The van der Waals surface area contributed by atoms with E-state index in [1.165, 1.54) is 11.8 Å². The molecule has 0 fully saturated rings. The summed E-state index contributed by atoms with van der Waals surface area (Å²) in [5, 5.41) is 18.9. The Morgan fingerprint density at radius 2 is 2.47 bits per heavy atom. The van der Waals surface area contributed by atoms with Gasteiger partial charge in [-0.15, -0.1) is 16.4 Å². The number of carbonyl (C=O) groups is 1. The van der Waals surface area contributed by atoms with Crippen molar-refractivity contribution in [3.8, 4) is 0 Å². The van der Waals surface area contributed by atoms with E-state index in [1.807, 2.05) is 23.8 Å². The summed E-state index contributed by atoms with van der Waals surface area (Å²) < 4.78 is 1.71. The average molecular weight is 294 g/mol. The third-order valence-corrected chi connectivity index (χ3v) is 4.18. The number of aliphatic carboxylic acids is 1. The third-order valence-electron chi connectivity index (χ3n) is 2.69. The lowest BCUT2D eigenvalue weighted by molar-refractivity contribution is -0.132. The number of carboxylic acids is 1. The van der Waals surface area contributed by atoms with Gasteiger partial charge >= 0.3 is 5.97 Å². The Kier molecular flexibility index (Phi) is 3.03. The maximum atomic E-state index is 11.2. The Morgan fingerprint density at radius 1 is 1.63 bits per heavy atom. The molecule has 0 amide bonds. The van der Waals surface area contributed by atoms with Crippen LogP contribution in [-0.4, -0.2) is 32.1 Å². The first-order chi connectivity index (χ1) is 9.19. The molecule has 2 N–H and O–H groups in total. The highest BCUT2D eigenvalue weighted by Crippen LogP contribution is 2.32. The normalized spacial score (nSPS) is 17.5. The van der Waals surface area contributed by atoms with Crippen LogP contribution in [0.3, 0.4) is 0 Å². The molecule has 19 heavy (non-hydrogen) atoms. The smallest absolute Gasteiger partial charge is 0.352 e. The van der Waals surface area contributed by atoms with E-state index >= 15 is 0 Å². The zero-order valence-corrected chi connectivity index (χ0v) is 11.5. The van der Waals surface area contributed by atoms with Crippen LogP contribution in [0.2, 0.25) is 0 Å². The van der Waals surface area contributed by atoms with Gasteiger partial charge in [-0.3, -0.25) is 0 Å². The van der Waals surface area contributed by atoms with E-state index in [9.17, 15) is 4.79 Å². The summed E-state index contributed by atoms with van der Waals surface area (Å²) in [5.41, 5.74) is 0.131. The average Bonchev–Trinajstić information content (AvgIpc) is 3.05. The molecule has 1 atom stereocenters. The minimum atomic E-state index is -0.999. The first-order valence-electron chi connectivity index (χ1n) is 5.45. The number of fused-ring (bicyclic) bond motifs is 1. The summed E-state index contributed by atoms with van der Waals surface area (Å²) >= 11 is 2.98. The second-order valence-electron chi connectivity index (χ2n) is 3.84. The SMILES string of the molecule is CSc1nc2n(n1)[C@H](c1cccs1)C=C(C(=O)O)N2. The van der Waals surface area contributed by atoms with Crippen molar-refractivity contribution in [3.63, 3.8) is 0 Å². The molecule has 0 aliphatic carbocycles. The first-order valence-corrected chi connectivity index (χ1v) is 7.55. The Balaban J connectivity index is 2.10. The lowest BCUT2D eigenvalue weighted by Crippen LogP contribution is -2.23. The fourth-order valence-electron chi connectivity index (χ4n) is 1.85. The summed E-state index contributed by atoms with van der Waals surface area (Å²) in [4.78, 5) is 16.5. The third kappa shape index (κ3) is 2.13. The van der Waals surface area contributed by atoms with E-state index < -0.39 is 5.97 Å². The standard InChI is InChI=1S/C11H10N4O2S2/c1-18-11-13-10-12-6(9(16)17)5-7(15(10)14-11)8-3-2-4-19-8/h2-5,7H,1H3,(H,16,17)(H,12,13,14)/t7-/m0/s1. The van der Waals surface area contributed by atoms with E-state index in [2.05, 4.69) is 15.4 Å². The topological polar surface area (TPSA) is 80.0 Å². The monoisotopic (exact) mass is 294 g/mol. The molecule has 98 valence electrons. The Hall–Kier alpha value is -1.80. The minimum Gasteiger partial charge on any atom is -0.477 e. The number of allylic oxidation sites excluding steroid dienone is 1. The fourth-order valence-corrected chi connectivity index (χ4v) is 2.97. The van der Waals surface area contributed by atoms with Crippen LogP contribution in [0.5, 0.6) is 0 Å². The maximum absolute atomic E-state index is 11.2. The van der Waals surface area contributed by atoms with Crippen molar-refractivity contribution >= 4 is 35.0 Å². The lowest BCUT2D eigenvalue weighted by Gasteiger charge is -2.20. The van der Waals surface area contributed by atoms with Gasteiger partial charge in [0, 0.05) is 4.88 Å². The van der Waals surface area contributed by atoms with Gasteiger partial charge in [0.2, 0.25) is 11.1 Å². The van der Waals surface area contributed by atoms with E-state index in [4.69, 9.17) is 5.11 Å². The molecular weight excluding hydrogens is 284 g/mol. The number of aromatic nitrogens is 3. The molecule has 0 saturated heterocycles. The molecule has 0 spiro atoms. The van der Waals surface area contributed by atoms with Crippen LogP contribution >= 0.6 is 23.1 Å². The van der Waals surface area contributed by atoms with Crippen LogP contribution < -0.4 is 5.32 Å². The summed E-state index contributed by atoms with van der Waals surface area (Å²) in [5.74, 6) is -0.538. The number of rotatable bonds is 3. The zero-order valence-electron chi connectivity index (χ0n) is 9.90. The highest BCUT2D eigenvalue weighted by atomic mass is 32.2. The summed E-state index contributed by atoms with van der Waals surface area (Å²) in [6.07, 6.45) is 3.53. The van der Waals surface area contributed by atoms with Gasteiger partial charge in [-0.05, 0) is 23.8 Å². The number of nitrogens with one attached hydrogen (secondary N) is 1. The molecule has 6 nitrogen and oxygen atoms in total. The van der Waals surface area contributed by atoms with Crippen molar-refractivity contribution in [2.75, 3.05) is 11.6 Å². The number of anilines is 1. The predicted molar refractivity (Wildman–Crippen MR) is 73.6 cm³/mol. The number of nitrogens with zero attached hydrogens (tertiary/aromatic N) is 3. The van der Waals surface area contributed by atoms with Crippen molar-refractivity contribution in [1.82, 2.24) is 14.8 Å². The lowest BCUT2D eigenvalue weighted by atomic mass is 10.2. The van der Waals surface area contributed by atoms with E-state index in [1.54, 1.807) is 22.1 Å². The highest BCUT2D eigenvalue weighted by molar-refractivity contribution is 7.98. The quantitative estimate of drug-likeness (QED) is 0.843. The molecule has 3 rings (SSSR count). The molecule has 0 saturated carbocycles. The largest absolute Gasteiger partial charge is 0.477 e. The number of carboxylic acid groups (broad SMARTS) is 1. The molecule has 0 bridgehead atoms. The Morgan fingerprint density at radius 3 is 3.11 bits per heavy atom. The summed E-state index contributed by atoms with van der Waals surface area (Å²) in [6.45, 7) is 0. The molecule has 2 aromatic heterocycles. The van der Waals surface area contributed by atoms with Gasteiger partial charge in [0.15, 0.2) is 0 Å². The van der Waals surface area contributed by atoms with E-state index in [-0.39, 0.29) is 11.7 Å².